The lowest BCUT2D eigenvalue weighted by Gasteiger charge is -2.09. The minimum Gasteiger partial charge on any atom is -0.310 e. The predicted octanol–water partition coefficient (Wildman–Crippen LogP) is 3.61. The molecule has 122 valence electrons. The van der Waals surface area contributed by atoms with E-state index >= 15 is 0 Å². The van der Waals surface area contributed by atoms with E-state index in [2.05, 4.69) is 15.4 Å². The average molecular weight is 338 g/mol. The van der Waals surface area contributed by atoms with Gasteiger partial charge < -0.3 is 5.32 Å². The number of carbonyl (C=O) groups excluding carboxylic acids is 1. The van der Waals surface area contributed by atoms with Gasteiger partial charge in [0.15, 0.2) is 0 Å². The second kappa shape index (κ2) is 7.31. The number of hydrogen-bond acceptors (Lipinski definition) is 4. The predicted molar refractivity (Wildman–Crippen MR) is 96.6 cm³/mol. The van der Waals surface area contributed by atoms with Crippen LogP contribution in [0.1, 0.15) is 11.3 Å². The molecule has 0 aliphatic rings. The van der Waals surface area contributed by atoms with E-state index in [0.29, 0.717) is 11.6 Å². The first-order valence-corrected chi connectivity index (χ1v) is 8.58. The van der Waals surface area contributed by atoms with Crippen LogP contribution in [0.4, 0.5) is 5.82 Å². The molecular weight excluding hydrogens is 320 g/mol. The summed E-state index contributed by atoms with van der Waals surface area (Å²) in [6, 6.07) is 15.5. The third-order valence-electron chi connectivity index (χ3n) is 3.37. The minimum absolute atomic E-state index is 0.0843. The Hall–Kier alpha value is -2.60. The van der Waals surface area contributed by atoms with Crippen LogP contribution < -0.4 is 5.32 Å². The number of carbonyl (C=O) groups is 1. The SMILES string of the molecule is Cc1ccc(-n2nc(C)cc2NC(=O)CSc2ccccn2)cc1. The van der Waals surface area contributed by atoms with Gasteiger partial charge in [0, 0.05) is 12.3 Å². The standard InChI is InChI=1S/C18H18N4OS/c1-13-6-8-15(9-7-13)22-16(11-14(2)21-22)20-17(23)12-24-18-5-3-4-10-19-18/h3-11H,12H2,1-2H3,(H,20,23). The van der Waals surface area contributed by atoms with Crippen LogP contribution >= 0.6 is 11.8 Å². The Balaban J connectivity index is 1.71. The first kappa shape index (κ1) is 16.3. The molecule has 0 fully saturated rings. The first-order valence-electron chi connectivity index (χ1n) is 7.59. The summed E-state index contributed by atoms with van der Waals surface area (Å²) in [6.45, 7) is 3.94. The van der Waals surface area contributed by atoms with Gasteiger partial charge in [-0.3, -0.25) is 4.79 Å². The third-order valence-corrected chi connectivity index (χ3v) is 4.31. The highest BCUT2D eigenvalue weighted by molar-refractivity contribution is 7.99. The number of nitrogens with one attached hydrogen (secondary N) is 1. The number of anilines is 1. The van der Waals surface area contributed by atoms with Crippen molar-refractivity contribution in [3.05, 3.63) is 66.0 Å². The van der Waals surface area contributed by atoms with Gasteiger partial charge in [-0.2, -0.15) is 5.10 Å². The van der Waals surface area contributed by atoms with E-state index in [1.54, 1.807) is 10.9 Å². The smallest absolute Gasteiger partial charge is 0.235 e. The monoisotopic (exact) mass is 338 g/mol. The summed E-state index contributed by atoms with van der Waals surface area (Å²) < 4.78 is 1.75. The Kier molecular flexibility index (Phi) is 4.96. The molecule has 0 saturated heterocycles. The maximum absolute atomic E-state index is 12.2. The number of rotatable bonds is 5. The highest BCUT2D eigenvalue weighted by Gasteiger charge is 2.11. The summed E-state index contributed by atoms with van der Waals surface area (Å²) >= 11 is 1.41. The highest BCUT2D eigenvalue weighted by atomic mass is 32.2. The fraction of sp³-hybridized carbons (Fsp3) is 0.167. The molecule has 3 aromatic rings. The van der Waals surface area contributed by atoms with Crippen molar-refractivity contribution in [2.24, 2.45) is 0 Å². The highest BCUT2D eigenvalue weighted by Crippen LogP contribution is 2.19. The molecule has 0 saturated carbocycles. The number of aromatic nitrogens is 3. The zero-order valence-corrected chi connectivity index (χ0v) is 14.4. The van der Waals surface area contributed by atoms with E-state index in [1.165, 1.54) is 17.3 Å². The van der Waals surface area contributed by atoms with Crippen LogP contribution in [0.2, 0.25) is 0 Å². The van der Waals surface area contributed by atoms with Gasteiger partial charge >= 0.3 is 0 Å². The van der Waals surface area contributed by atoms with Gasteiger partial charge in [-0.1, -0.05) is 35.5 Å². The van der Waals surface area contributed by atoms with Crippen molar-refractivity contribution < 1.29 is 4.79 Å². The van der Waals surface area contributed by atoms with Crippen LogP contribution in [0.25, 0.3) is 5.69 Å². The summed E-state index contributed by atoms with van der Waals surface area (Å²) in [5.41, 5.74) is 2.95. The van der Waals surface area contributed by atoms with Gasteiger partial charge in [0.1, 0.15) is 5.82 Å². The summed E-state index contributed by atoms with van der Waals surface area (Å²) in [5, 5.41) is 8.22. The zero-order chi connectivity index (χ0) is 16.9. The molecule has 0 aliphatic heterocycles. The molecule has 1 N–H and O–H groups in total. The van der Waals surface area contributed by atoms with Gasteiger partial charge in [0.2, 0.25) is 5.91 Å². The number of aryl methyl sites for hydroxylation is 2. The molecule has 5 nitrogen and oxygen atoms in total. The van der Waals surface area contributed by atoms with E-state index in [1.807, 2.05) is 62.4 Å². The maximum Gasteiger partial charge on any atom is 0.235 e. The van der Waals surface area contributed by atoms with Crippen molar-refractivity contribution in [2.75, 3.05) is 11.1 Å². The molecule has 0 atom stereocenters. The second-order valence-electron chi connectivity index (χ2n) is 5.42. The van der Waals surface area contributed by atoms with E-state index in [4.69, 9.17) is 0 Å². The summed E-state index contributed by atoms with van der Waals surface area (Å²) in [6.07, 6.45) is 1.72. The lowest BCUT2D eigenvalue weighted by atomic mass is 10.2. The van der Waals surface area contributed by atoms with Crippen LogP contribution in [0, 0.1) is 13.8 Å². The Morgan fingerprint density at radius 1 is 1.17 bits per heavy atom. The van der Waals surface area contributed by atoms with Gasteiger partial charge in [0.05, 0.1) is 22.2 Å². The number of hydrogen-bond donors (Lipinski definition) is 1. The molecule has 2 aromatic heterocycles. The zero-order valence-electron chi connectivity index (χ0n) is 13.6. The Morgan fingerprint density at radius 2 is 1.96 bits per heavy atom. The van der Waals surface area contributed by atoms with Gasteiger partial charge in [0.25, 0.3) is 0 Å². The summed E-state index contributed by atoms with van der Waals surface area (Å²) in [4.78, 5) is 16.4. The molecule has 0 aliphatic carbocycles. The van der Waals surface area contributed by atoms with Crippen molar-refractivity contribution in [3.8, 4) is 5.69 Å². The molecule has 0 radical (unpaired) electrons. The van der Waals surface area contributed by atoms with E-state index < -0.39 is 0 Å². The molecule has 0 spiro atoms. The molecule has 6 heteroatoms. The number of nitrogens with zero attached hydrogens (tertiary/aromatic N) is 3. The van der Waals surface area contributed by atoms with Gasteiger partial charge in [-0.25, -0.2) is 9.67 Å². The van der Waals surface area contributed by atoms with E-state index in [-0.39, 0.29) is 5.91 Å². The van der Waals surface area contributed by atoms with Crippen molar-refractivity contribution in [1.82, 2.24) is 14.8 Å². The van der Waals surface area contributed by atoms with Crippen molar-refractivity contribution in [3.63, 3.8) is 0 Å². The normalized spacial score (nSPS) is 10.6. The Labute approximate surface area is 145 Å². The van der Waals surface area contributed by atoms with E-state index in [0.717, 1.165) is 16.4 Å². The molecule has 1 aromatic carbocycles. The lowest BCUT2D eigenvalue weighted by Crippen LogP contribution is -2.17. The minimum atomic E-state index is -0.0843. The second-order valence-corrected chi connectivity index (χ2v) is 6.42. The number of benzene rings is 1. The van der Waals surface area contributed by atoms with Gasteiger partial charge in [-0.15, -0.1) is 0 Å². The molecular formula is C18H18N4OS. The number of pyridine rings is 1. The molecule has 3 rings (SSSR count). The van der Waals surface area contributed by atoms with Crippen LogP contribution in [-0.2, 0) is 4.79 Å². The molecule has 1 amide bonds. The fourth-order valence-corrected chi connectivity index (χ4v) is 2.88. The Morgan fingerprint density at radius 3 is 2.67 bits per heavy atom. The largest absolute Gasteiger partial charge is 0.310 e. The van der Waals surface area contributed by atoms with Crippen LogP contribution in [0.3, 0.4) is 0 Å². The summed E-state index contributed by atoms with van der Waals surface area (Å²) in [5.74, 6) is 0.886. The molecule has 2 heterocycles. The number of thioether (sulfide) groups is 1. The van der Waals surface area contributed by atoms with Crippen molar-refractivity contribution in [2.45, 2.75) is 18.9 Å². The topological polar surface area (TPSA) is 59.8 Å². The van der Waals surface area contributed by atoms with Crippen LogP contribution in [-0.4, -0.2) is 26.4 Å². The lowest BCUT2D eigenvalue weighted by molar-refractivity contribution is -0.113. The first-order chi connectivity index (χ1) is 11.6. The summed E-state index contributed by atoms with van der Waals surface area (Å²) in [7, 11) is 0. The van der Waals surface area contributed by atoms with Gasteiger partial charge in [-0.05, 0) is 38.1 Å². The fourth-order valence-electron chi connectivity index (χ4n) is 2.22. The van der Waals surface area contributed by atoms with Crippen molar-refractivity contribution >= 4 is 23.5 Å². The van der Waals surface area contributed by atoms with Crippen LogP contribution in [0.15, 0.2) is 59.8 Å². The molecule has 0 bridgehead atoms. The Bertz CT molecular complexity index is 828. The number of amides is 1. The van der Waals surface area contributed by atoms with Crippen molar-refractivity contribution in [1.29, 1.82) is 0 Å². The average Bonchev–Trinajstić information content (AvgIpc) is 2.95. The van der Waals surface area contributed by atoms with Crippen LogP contribution in [0.5, 0.6) is 0 Å². The molecule has 0 unspecified atom stereocenters. The van der Waals surface area contributed by atoms with E-state index in [9.17, 15) is 4.79 Å². The maximum atomic E-state index is 12.2. The third kappa shape index (κ3) is 4.02. The quantitative estimate of drug-likeness (QED) is 0.722. The molecule has 24 heavy (non-hydrogen) atoms.